The first kappa shape index (κ1) is 14.2. The van der Waals surface area contributed by atoms with E-state index >= 15 is 0 Å². The second kappa shape index (κ2) is 6.35. The van der Waals surface area contributed by atoms with E-state index in [2.05, 4.69) is 27.8 Å². The van der Waals surface area contributed by atoms with Crippen molar-refractivity contribution in [1.82, 2.24) is 10.2 Å². The number of likely N-dealkylation sites (tertiary alicyclic amines) is 1. The molecule has 0 spiro atoms. The molecule has 1 amide bonds. The van der Waals surface area contributed by atoms with Crippen LogP contribution in [0.4, 0.5) is 11.4 Å². The summed E-state index contributed by atoms with van der Waals surface area (Å²) in [7, 11) is 0. The summed E-state index contributed by atoms with van der Waals surface area (Å²) in [6.45, 7) is 7.03. The van der Waals surface area contributed by atoms with Crippen molar-refractivity contribution < 1.29 is 4.79 Å². The summed E-state index contributed by atoms with van der Waals surface area (Å²) in [5.41, 5.74) is 2.81. The summed E-state index contributed by atoms with van der Waals surface area (Å²) in [4.78, 5) is 14.7. The van der Waals surface area contributed by atoms with E-state index in [1.54, 1.807) is 0 Å². The molecule has 2 aliphatic heterocycles. The molecule has 1 aromatic carbocycles. The molecule has 3 rings (SSSR count). The van der Waals surface area contributed by atoms with E-state index in [1.165, 1.54) is 12.8 Å². The maximum absolute atomic E-state index is 12.3. The minimum Gasteiger partial charge on any atom is -0.382 e. The zero-order valence-corrected chi connectivity index (χ0v) is 12.6. The number of carbonyl (C=O) groups excluding carboxylic acids is 1. The number of rotatable bonds is 4. The van der Waals surface area contributed by atoms with Gasteiger partial charge in [-0.1, -0.05) is 0 Å². The quantitative estimate of drug-likeness (QED) is 0.790. The van der Waals surface area contributed by atoms with Gasteiger partial charge in [0, 0.05) is 31.2 Å². The zero-order valence-electron chi connectivity index (χ0n) is 12.6. The highest BCUT2D eigenvalue weighted by molar-refractivity contribution is 5.96. The van der Waals surface area contributed by atoms with E-state index in [0.29, 0.717) is 12.6 Å². The van der Waals surface area contributed by atoms with E-state index in [-0.39, 0.29) is 5.91 Å². The topological polar surface area (TPSA) is 56.4 Å². The van der Waals surface area contributed by atoms with Crippen LogP contribution in [0.15, 0.2) is 18.2 Å². The molecule has 1 fully saturated rings. The molecule has 1 atom stereocenters. The predicted octanol–water partition coefficient (Wildman–Crippen LogP) is 1.74. The number of carbonyl (C=O) groups is 1. The maximum Gasteiger partial charge on any atom is 0.251 e. The van der Waals surface area contributed by atoms with Crippen molar-refractivity contribution in [2.75, 3.05) is 43.4 Å². The van der Waals surface area contributed by atoms with Crippen LogP contribution in [-0.4, -0.2) is 49.6 Å². The number of anilines is 2. The van der Waals surface area contributed by atoms with Gasteiger partial charge in [-0.25, -0.2) is 0 Å². The van der Waals surface area contributed by atoms with Gasteiger partial charge in [-0.15, -0.1) is 0 Å². The Hall–Kier alpha value is -1.75. The lowest BCUT2D eigenvalue weighted by atomic mass is 10.1. The van der Waals surface area contributed by atoms with Crippen LogP contribution in [0.25, 0.3) is 0 Å². The predicted molar refractivity (Wildman–Crippen MR) is 86.0 cm³/mol. The number of nitrogens with zero attached hydrogens (tertiary/aromatic N) is 1. The van der Waals surface area contributed by atoms with Gasteiger partial charge in [0.05, 0.1) is 11.4 Å². The summed E-state index contributed by atoms with van der Waals surface area (Å²) in [5.74, 6) is 0.0104. The van der Waals surface area contributed by atoms with Gasteiger partial charge in [0.2, 0.25) is 0 Å². The maximum atomic E-state index is 12.3. The molecular weight excluding hydrogens is 264 g/mol. The minimum atomic E-state index is 0.0104. The van der Waals surface area contributed by atoms with Crippen LogP contribution in [0.5, 0.6) is 0 Å². The van der Waals surface area contributed by atoms with E-state index in [1.807, 2.05) is 18.2 Å². The Kier molecular flexibility index (Phi) is 4.29. The van der Waals surface area contributed by atoms with Gasteiger partial charge in [0.15, 0.2) is 0 Å². The van der Waals surface area contributed by atoms with Crippen molar-refractivity contribution >= 4 is 17.3 Å². The number of hydrogen-bond acceptors (Lipinski definition) is 4. The molecule has 0 aliphatic carbocycles. The van der Waals surface area contributed by atoms with Crippen molar-refractivity contribution in [2.45, 2.75) is 25.8 Å². The molecule has 114 valence electrons. The number of nitrogens with one attached hydrogen (secondary N) is 3. The third kappa shape index (κ3) is 3.29. The standard InChI is InChI=1S/C16H24N4O/c1-12(20-8-2-3-9-20)11-19-16(21)13-4-5-14-15(10-13)18-7-6-17-14/h4-5,10,12,17-18H,2-3,6-9,11H2,1H3,(H,19,21). The van der Waals surface area contributed by atoms with Crippen LogP contribution >= 0.6 is 0 Å². The second-order valence-electron chi connectivity index (χ2n) is 5.92. The first-order valence-electron chi connectivity index (χ1n) is 7.88. The van der Waals surface area contributed by atoms with E-state index in [0.717, 1.165) is 43.1 Å². The molecule has 0 bridgehead atoms. The van der Waals surface area contributed by atoms with Crippen LogP contribution in [0.1, 0.15) is 30.1 Å². The number of fused-ring (bicyclic) bond motifs is 1. The Balaban J connectivity index is 1.57. The molecule has 2 heterocycles. The van der Waals surface area contributed by atoms with Gasteiger partial charge >= 0.3 is 0 Å². The Morgan fingerprint density at radius 2 is 1.95 bits per heavy atom. The highest BCUT2D eigenvalue weighted by Gasteiger charge is 2.19. The van der Waals surface area contributed by atoms with Crippen molar-refractivity contribution in [3.8, 4) is 0 Å². The average molecular weight is 288 g/mol. The minimum absolute atomic E-state index is 0.0104. The normalized spacial score (nSPS) is 19.3. The Labute approximate surface area is 126 Å². The van der Waals surface area contributed by atoms with Crippen LogP contribution in [-0.2, 0) is 0 Å². The fourth-order valence-corrected chi connectivity index (χ4v) is 3.03. The summed E-state index contributed by atoms with van der Waals surface area (Å²) in [6.07, 6.45) is 2.56. The lowest BCUT2D eigenvalue weighted by molar-refractivity contribution is 0.0940. The molecule has 5 nitrogen and oxygen atoms in total. The molecule has 0 radical (unpaired) electrons. The third-order valence-corrected chi connectivity index (χ3v) is 4.36. The Morgan fingerprint density at radius 3 is 2.71 bits per heavy atom. The van der Waals surface area contributed by atoms with E-state index in [9.17, 15) is 4.79 Å². The third-order valence-electron chi connectivity index (χ3n) is 4.36. The van der Waals surface area contributed by atoms with E-state index in [4.69, 9.17) is 0 Å². The van der Waals surface area contributed by atoms with Gasteiger partial charge in [-0.2, -0.15) is 0 Å². The summed E-state index contributed by atoms with van der Waals surface area (Å²) < 4.78 is 0. The average Bonchev–Trinajstić information content (AvgIpc) is 3.06. The summed E-state index contributed by atoms with van der Waals surface area (Å²) in [5, 5.41) is 9.69. The molecule has 1 saturated heterocycles. The molecule has 21 heavy (non-hydrogen) atoms. The van der Waals surface area contributed by atoms with Gasteiger partial charge in [-0.05, 0) is 51.1 Å². The lowest BCUT2D eigenvalue weighted by Crippen LogP contribution is -2.40. The molecule has 5 heteroatoms. The fraction of sp³-hybridized carbons (Fsp3) is 0.562. The Morgan fingerprint density at radius 1 is 1.24 bits per heavy atom. The molecule has 2 aliphatic rings. The highest BCUT2D eigenvalue weighted by Crippen LogP contribution is 2.25. The van der Waals surface area contributed by atoms with Crippen LogP contribution in [0, 0.1) is 0 Å². The summed E-state index contributed by atoms with van der Waals surface area (Å²) in [6, 6.07) is 6.20. The SMILES string of the molecule is CC(CNC(=O)c1ccc2c(c1)NCCN2)N1CCCC1. The monoisotopic (exact) mass is 288 g/mol. The second-order valence-corrected chi connectivity index (χ2v) is 5.92. The van der Waals surface area contributed by atoms with Gasteiger partial charge in [0.25, 0.3) is 5.91 Å². The largest absolute Gasteiger partial charge is 0.382 e. The van der Waals surface area contributed by atoms with Crippen molar-refractivity contribution in [1.29, 1.82) is 0 Å². The van der Waals surface area contributed by atoms with Crippen molar-refractivity contribution in [3.63, 3.8) is 0 Å². The van der Waals surface area contributed by atoms with Crippen molar-refractivity contribution in [3.05, 3.63) is 23.8 Å². The lowest BCUT2D eigenvalue weighted by Gasteiger charge is -2.24. The van der Waals surface area contributed by atoms with Gasteiger partial charge in [0.1, 0.15) is 0 Å². The number of amides is 1. The molecule has 1 unspecified atom stereocenters. The van der Waals surface area contributed by atoms with Crippen LogP contribution in [0.3, 0.4) is 0 Å². The fourth-order valence-electron chi connectivity index (χ4n) is 3.03. The van der Waals surface area contributed by atoms with Crippen LogP contribution in [0.2, 0.25) is 0 Å². The molecule has 0 saturated carbocycles. The smallest absolute Gasteiger partial charge is 0.251 e. The van der Waals surface area contributed by atoms with Gasteiger partial charge in [-0.3, -0.25) is 9.69 Å². The van der Waals surface area contributed by atoms with Crippen LogP contribution < -0.4 is 16.0 Å². The first-order valence-corrected chi connectivity index (χ1v) is 7.88. The number of benzene rings is 1. The highest BCUT2D eigenvalue weighted by atomic mass is 16.1. The van der Waals surface area contributed by atoms with Crippen molar-refractivity contribution in [2.24, 2.45) is 0 Å². The van der Waals surface area contributed by atoms with Gasteiger partial charge < -0.3 is 16.0 Å². The summed E-state index contributed by atoms with van der Waals surface area (Å²) >= 11 is 0. The molecule has 0 aromatic heterocycles. The Bertz CT molecular complexity index is 511. The molecule has 3 N–H and O–H groups in total. The molecular formula is C16H24N4O. The number of hydrogen-bond donors (Lipinski definition) is 3. The zero-order chi connectivity index (χ0) is 14.7. The van der Waals surface area contributed by atoms with E-state index < -0.39 is 0 Å². The molecule has 1 aromatic rings. The first-order chi connectivity index (χ1) is 10.2.